The van der Waals surface area contributed by atoms with Crippen LogP contribution in [-0.2, 0) is 14.3 Å². The summed E-state index contributed by atoms with van der Waals surface area (Å²) in [5.41, 5.74) is 2.50. The van der Waals surface area contributed by atoms with E-state index in [2.05, 4.69) is 5.32 Å². The maximum Gasteiger partial charge on any atom is 0.348 e. The number of hydrogen-bond acceptors (Lipinski definition) is 4. The highest BCUT2D eigenvalue weighted by molar-refractivity contribution is 5.88. The van der Waals surface area contributed by atoms with Crippen LogP contribution in [0.5, 0.6) is 5.75 Å². The summed E-state index contributed by atoms with van der Waals surface area (Å²) >= 11 is 0. The molecule has 3 unspecified atom stereocenters. The molecular weight excluding hydrogens is 318 g/mol. The number of amides is 1. The Morgan fingerprint density at radius 2 is 1.92 bits per heavy atom. The van der Waals surface area contributed by atoms with E-state index < -0.39 is 12.2 Å². The van der Waals surface area contributed by atoms with Crippen molar-refractivity contribution in [2.45, 2.75) is 38.9 Å². The Labute approximate surface area is 147 Å². The Kier molecular flexibility index (Phi) is 4.74. The molecule has 2 aromatic carbocycles. The predicted octanol–water partition coefficient (Wildman–Crippen LogP) is 3.81. The van der Waals surface area contributed by atoms with Crippen LogP contribution in [0.3, 0.4) is 0 Å². The average Bonchev–Trinajstić information content (AvgIpc) is 2.92. The smallest absolute Gasteiger partial charge is 0.348 e. The second-order valence-electron chi connectivity index (χ2n) is 6.25. The molecule has 1 heterocycles. The summed E-state index contributed by atoms with van der Waals surface area (Å²) in [6, 6.07) is 14.9. The van der Waals surface area contributed by atoms with Crippen molar-refractivity contribution in [2.24, 2.45) is 0 Å². The van der Waals surface area contributed by atoms with E-state index in [-0.39, 0.29) is 17.8 Å². The SMILES string of the molecule is CC(=O)Nc1cccc(C(C)OC(=O)C2Oc3ccccc3C2C)c1. The second-order valence-corrected chi connectivity index (χ2v) is 6.25. The van der Waals surface area contributed by atoms with Gasteiger partial charge in [-0.15, -0.1) is 0 Å². The third-order valence-corrected chi connectivity index (χ3v) is 4.32. The van der Waals surface area contributed by atoms with Crippen LogP contribution in [0, 0.1) is 0 Å². The normalized spacial score (nSPS) is 19.5. The topological polar surface area (TPSA) is 64.6 Å². The molecule has 3 rings (SSSR count). The van der Waals surface area contributed by atoms with Gasteiger partial charge in [-0.1, -0.05) is 37.3 Å². The van der Waals surface area contributed by atoms with E-state index in [1.54, 1.807) is 19.1 Å². The molecule has 3 atom stereocenters. The van der Waals surface area contributed by atoms with Gasteiger partial charge in [0.15, 0.2) is 0 Å². The van der Waals surface area contributed by atoms with Gasteiger partial charge >= 0.3 is 5.97 Å². The van der Waals surface area contributed by atoms with Crippen molar-refractivity contribution in [3.63, 3.8) is 0 Å². The van der Waals surface area contributed by atoms with Crippen molar-refractivity contribution in [1.82, 2.24) is 0 Å². The van der Waals surface area contributed by atoms with Crippen LogP contribution >= 0.6 is 0 Å². The van der Waals surface area contributed by atoms with Crippen LogP contribution in [0.4, 0.5) is 5.69 Å². The predicted molar refractivity (Wildman–Crippen MR) is 94.5 cm³/mol. The number of para-hydroxylation sites is 1. The Bertz CT molecular complexity index is 802. The zero-order chi connectivity index (χ0) is 18.0. The summed E-state index contributed by atoms with van der Waals surface area (Å²) in [4.78, 5) is 23.7. The van der Waals surface area contributed by atoms with E-state index in [0.717, 1.165) is 16.9 Å². The molecule has 0 fully saturated rings. The Hall–Kier alpha value is -2.82. The molecule has 0 aromatic heterocycles. The molecule has 1 aliphatic rings. The first-order valence-corrected chi connectivity index (χ1v) is 8.29. The van der Waals surface area contributed by atoms with E-state index in [1.807, 2.05) is 43.3 Å². The fourth-order valence-corrected chi connectivity index (χ4v) is 3.00. The number of rotatable bonds is 4. The Morgan fingerprint density at radius 1 is 1.16 bits per heavy atom. The number of nitrogens with one attached hydrogen (secondary N) is 1. The second kappa shape index (κ2) is 6.97. The van der Waals surface area contributed by atoms with E-state index in [4.69, 9.17) is 9.47 Å². The standard InChI is InChI=1S/C20H21NO4/c1-12-17-9-4-5-10-18(17)25-19(12)20(23)24-13(2)15-7-6-8-16(11-15)21-14(3)22/h4-13,19H,1-3H3,(H,21,22). The zero-order valence-corrected chi connectivity index (χ0v) is 14.5. The minimum atomic E-state index is -0.640. The van der Waals surface area contributed by atoms with Gasteiger partial charge in [0, 0.05) is 24.1 Å². The highest BCUT2D eigenvalue weighted by Gasteiger charge is 2.38. The number of carbonyl (C=O) groups excluding carboxylic acids is 2. The minimum absolute atomic E-state index is 0.0541. The van der Waals surface area contributed by atoms with Crippen molar-refractivity contribution >= 4 is 17.6 Å². The van der Waals surface area contributed by atoms with Crippen molar-refractivity contribution in [1.29, 1.82) is 0 Å². The first-order valence-electron chi connectivity index (χ1n) is 8.29. The highest BCUT2D eigenvalue weighted by Crippen LogP contribution is 2.38. The highest BCUT2D eigenvalue weighted by atomic mass is 16.6. The molecule has 2 aromatic rings. The number of benzene rings is 2. The molecule has 0 aliphatic carbocycles. The molecule has 0 radical (unpaired) electrons. The van der Waals surface area contributed by atoms with Gasteiger partial charge in [0.2, 0.25) is 12.0 Å². The molecule has 5 nitrogen and oxygen atoms in total. The largest absolute Gasteiger partial charge is 0.478 e. The van der Waals surface area contributed by atoms with Crippen LogP contribution < -0.4 is 10.1 Å². The summed E-state index contributed by atoms with van der Waals surface area (Å²) in [7, 11) is 0. The lowest BCUT2D eigenvalue weighted by atomic mass is 9.98. The zero-order valence-electron chi connectivity index (χ0n) is 14.5. The first kappa shape index (κ1) is 17.0. The number of ether oxygens (including phenoxy) is 2. The number of esters is 1. The van der Waals surface area contributed by atoms with Gasteiger partial charge in [-0.05, 0) is 30.7 Å². The van der Waals surface area contributed by atoms with E-state index in [0.29, 0.717) is 5.69 Å². The molecule has 0 spiro atoms. The van der Waals surface area contributed by atoms with Crippen LogP contribution in [-0.4, -0.2) is 18.0 Å². The van der Waals surface area contributed by atoms with E-state index in [9.17, 15) is 9.59 Å². The van der Waals surface area contributed by atoms with Crippen LogP contribution in [0.2, 0.25) is 0 Å². The van der Waals surface area contributed by atoms with Crippen LogP contribution in [0.25, 0.3) is 0 Å². The van der Waals surface area contributed by atoms with E-state index >= 15 is 0 Å². The lowest BCUT2D eigenvalue weighted by Gasteiger charge is -2.19. The van der Waals surface area contributed by atoms with Gasteiger partial charge in [-0.25, -0.2) is 4.79 Å². The average molecular weight is 339 g/mol. The molecule has 130 valence electrons. The van der Waals surface area contributed by atoms with Gasteiger partial charge in [-0.3, -0.25) is 4.79 Å². The lowest BCUT2D eigenvalue weighted by molar-refractivity contribution is -0.157. The summed E-state index contributed by atoms with van der Waals surface area (Å²) in [6.07, 6.45) is -1.08. The molecule has 0 saturated carbocycles. The minimum Gasteiger partial charge on any atom is -0.478 e. The van der Waals surface area contributed by atoms with Gasteiger partial charge in [-0.2, -0.15) is 0 Å². The van der Waals surface area contributed by atoms with Crippen molar-refractivity contribution in [3.05, 3.63) is 59.7 Å². The first-order chi connectivity index (χ1) is 12.0. The summed E-state index contributed by atoms with van der Waals surface area (Å²) in [6.45, 7) is 5.21. The van der Waals surface area contributed by atoms with Gasteiger partial charge in [0.1, 0.15) is 11.9 Å². The van der Waals surface area contributed by atoms with E-state index in [1.165, 1.54) is 6.92 Å². The Balaban J connectivity index is 1.68. The van der Waals surface area contributed by atoms with Crippen LogP contribution in [0.1, 0.15) is 43.9 Å². The number of carbonyl (C=O) groups is 2. The molecular formula is C20H21NO4. The molecule has 1 N–H and O–H groups in total. The molecule has 25 heavy (non-hydrogen) atoms. The quantitative estimate of drug-likeness (QED) is 0.860. The molecule has 5 heteroatoms. The van der Waals surface area contributed by atoms with Gasteiger partial charge in [0.25, 0.3) is 0 Å². The molecule has 0 bridgehead atoms. The summed E-state index contributed by atoms with van der Waals surface area (Å²) in [5.74, 6) is 0.146. The van der Waals surface area contributed by atoms with Crippen LogP contribution in [0.15, 0.2) is 48.5 Å². The third kappa shape index (κ3) is 3.65. The fraction of sp³-hybridized carbons (Fsp3) is 0.300. The molecule has 0 saturated heterocycles. The van der Waals surface area contributed by atoms with Crippen molar-refractivity contribution in [3.8, 4) is 5.75 Å². The van der Waals surface area contributed by atoms with Crippen molar-refractivity contribution < 1.29 is 19.1 Å². The molecule has 1 amide bonds. The van der Waals surface area contributed by atoms with Gasteiger partial charge < -0.3 is 14.8 Å². The number of anilines is 1. The number of hydrogen-bond donors (Lipinski definition) is 1. The van der Waals surface area contributed by atoms with Gasteiger partial charge in [0.05, 0.1) is 0 Å². The fourth-order valence-electron chi connectivity index (χ4n) is 3.00. The van der Waals surface area contributed by atoms with Crippen molar-refractivity contribution in [2.75, 3.05) is 5.32 Å². The lowest BCUT2D eigenvalue weighted by Crippen LogP contribution is -2.30. The maximum atomic E-state index is 12.6. The Morgan fingerprint density at radius 3 is 2.64 bits per heavy atom. The molecule has 1 aliphatic heterocycles. The maximum absolute atomic E-state index is 12.6. The third-order valence-electron chi connectivity index (χ3n) is 4.32. The summed E-state index contributed by atoms with van der Waals surface area (Å²) in [5, 5.41) is 2.72. The summed E-state index contributed by atoms with van der Waals surface area (Å²) < 4.78 is 11.4. The number of fused-ring (bicyclic) bond motifs is 1. The monoisotopic (exact) mass is 339 g/mol.